The van der Waals surface area contributed by atoms with Gasteiger partial charge >= 0.3 is 12.1 Å². The number of likely N-dealkylation sites (tertiary alicyclic amines) is 1. The van der Waals surface area contributed by atoms with Crippen LogP contribution >= 0.6 is 0 Å². The highest BCUT2D eigenvalue weighted by molar-refractivity contribution is 5.92. The number of nitrogens with zero attached hydrogens (tertiary/aromatic N) is 1. The molecule has 1 aliphatic rings. The summed E-state index contributed by atoms with van der Waals surface area (Å²) in [4.78, 5) is 65.2. The van der Waals surface area contributed by atoms with Gasteiger partial charge in [0, 0.05) is 6.54 Å². The number of nitrogens with two attached hydrogens (primary N) is 1. The van der Waals surface area contributed by atoms with Crippen LogP contribution in [0.15, 0.2) is 60.7 Å². The fourth-order valence-corrected chi connectivity index (χ4v) is 4.70. The van der Waals surface area contributed by atoms with Gasteiger partial charge in [0.2, 0.25) is 11.8 Å². The Morgan fingerprint density at radius 2 is 1.58 bits per heavy atom. The Kier molecular flexibility index (Phi) is 11.6. The molecule has 5 N–H and O–H groups in total. The number of amides is 4. The largest absolute Gasteiger partial charge is 0.458 e. The van der Waals surface area contributed by atoms with Crippen molar-refractivity contribution in [1.29, 1.82) is 0 Å². The Labute approximate surface area is 250 Å². The number of carbonyl (C=O) groups excluding carboxylic acids is 5. The number of rotatable bonds is 12. The summed E-state index contributed by atoms with van der Waals surface area (Å²) >= 11 is 0. The molecule has 2 aromatic rings. The zero-order valence-corrected chi connectivity index (χ0v) is 24.7. The van der Waals surface area contributed by atoms with Crippen LogP contribution in [0.5, 0.6) is 0 Å². The third-order valence-electron chi connectivity index (χ3n) is 6.70. The van der Waals surface area contributed by atoms with Crippen LogP contribution in [0.4, 0.5) is 4.79 Å². The summed E-state index contributed by atoms with van der Waals surface area (Å²) in [6.07, 6.45) is -2.33. The van der Waals surface area contributed by atoms with Crippen LogP contribution in [0.3, 0.4) is 0 Å². The molecule has 12 nitrogen and oxygen atoms in total. The molecule has 0 spiro atoms. The van der Waals surface area contributed by atoms with Crippen LogP contribution in [-0.2, 0) is 41.7 Å². The van der Waals surface area contributed by atoms with E-state index in [1.54, 1.807) is 75.4 Å². The molecular weight excluding hydrogens is 556 g/mol. The summed E-state index contributed by atoms with van der Waals surface area (Å²) in [5.74, 6) is -3.05. The summed E-state index contributed by atoms with van der Waals surface area (Å²) < 4.78 is 10.7. The Morgan fingerprint density at radius 3 is 2.16 bits per heavy atom. The molecule has 4 amide bonds. The first-order valence-electron chi connectivity index (χ1n) is 14.2. The third-order valence-corrected chi connectivity index (χ3v) is 6.70. The number of hydrogen-bond acceptors (Lipinski definition) is 8. The van der Waals surface area contributed by atoms with E-state index >= 15 is 0 Å². The lowest BCUT2D eigenvalue weighted by Crippen LogP contribution is -2.58. The van der Waals surface area contributed by atoms with Gasteiger partial charge < -0.3 is 35.8 Å². The summed E-state index contributed by atoms with van der Waals surface area (Å²) in [5, 5.41) is 16.2. The SMILES string of the molecule is CC(C)(C)OC(=O)[C@@H]1CCCN1C(=O)C(O)[C@H](Cc1ccccc1)NC(=O)[C@@H](CC(N)=O)NC(=O)OCc1ccccc1. The predicted octanol–water partition coefficient (Wildman–Crippen LogP) is 1.58. The van der Waals surface area contributed by atoms with Gasteiger partial charge in [-0.2, -0.15) is 0 Å². The average molecular weight is 597 g/mol. The van der Waals surface area contributed by atoms with Crippen molar-refractivity contribution in [2.24, 2.45) is 5.73 Å². The van der Waals surface area contributed by atoms with Crippen molar-refractivity contribution in [3.8, 4) is 0 Å². The lowest BCUT2D eigenvalue weighted by molar-refractivity contribution is -0.165. The van der Waals surface area contributed by atoms with Crippen molar-refractivity contribution in [2.75, 3.05) is 6.54 Å². The minimum Gasteiger partial charge on any atom is -0.458 e. The molecule has 1 heterocycles. The van der Waals surface area contributed by atoms with Crippen LogP contribution < -0.4 is 16.4 Å². The van der Waals surface area contributed by atoms with Crippen LogP contribution in [0, 0.1) is 0 Å². The molecule has 0 aromatic heterocycles. The lowest BCUT2D eigenvalue weighted by atomic mass is 9.99. The van der Waals surface area contributed by atoms with Gasteiger partial charge in [-0.15, -0.1) is 0 Å². The summed E-state index contributed by atoms with van der Waals surface area (Å²) in [6.45, 7) is 5.32. The van der Waals surface area contributed by atoms with E-state index < -0.39 is 66.0 Å². The van der Waals surface area contributed by atoms with Crippen LogP contribution in [-0.4, -0.2) is 76.2 Å². The number of hydrogen-bond donors (Lipinski definition) is 4. The van der Waals surface area contributed by atoms with Crippen LogP contribution in [0.25, 0.3) is 0 Å². The van der Waals surface area contributed by atoms with Crippen molar-refractivity contribution in [1.82, 2.24) is 15.5 Å². The maximum absolute atomic E-state index is 13.5. The Balaban J connectivity index is 1.76. The zero-order chi connectivity index (χ0) is 31.6. The molecule has 1 fully saturated rings. The molecule has 43 heavy (non-hydrogen) atoms. The highest BCUT2D eigenvalue weighted by Gasteiger charge is 2.41. The quantitative estimate of drug-likeness (QED) is 0.267. The molecule has 232 valence electrons. The average Bonchev–Trinajstić information content (AvgIpc) is 3.45. The molecule has 0 bridgehead atoms. The molecule has 0 saturated carbocycles. The Hall–Kier alpha value is -4.45. The van der Waals surface area contributed by atoms with Gasteiger partial charge in [-0.05, 0) is 51.2 Å². The number of benzene rings is 2. The van der Waals surface area contributed by atoms with E-state index in [0.717, 1.165) is 0 Å². The molecule has 1 aliphatic heterocycles. The smallest absolute Gasteiger partial charge is 0.408 e. The van der Waals surface area contributed by atoms with Gasteiger partial charge in [0.05, 0.1) is 12.5 Å². The zero-order valence-electron chi connectivity index (χ0n) is 24.7. The highest BCUT2D eigenvalue weighted by Crippen LogP contribution is 2.23. The predicted molar refractivity (Wildman–Crippen MR) is 156 cm³/mol. The molecule has 3 rings (SSSR count). The molecule has 0 aliphatic carbocycles. The van der Waals surface area contributed by atoms with Crippen LogP contribution in [0.1, 0.15) is 51.2 Å². The van der Waals surface area contributed by atoms with Gasteiger partial charge in [0.25, 0.3) is 5.91 Å². The number of primary amides is 1. The molecule has 1 unspecified atom stereocenters. The van der Waals surface area contributed by atoms with E-state index in [1.807, 2.05) is 6.07 Å². The van der Waals surface area contributed by atoms with Crippen LogP contribution in [0.2, 0.25) is 0 Å². The van der Waals surface area contributed by atoms with E-state index in [1.165, 1.54) is 4.90 Å². The fourth-order valence-electron chi connectivity index (χ4n) is 4.70. The second kappa shape index (κ2) is 15.1. The number of aliphatic hydroxyl groups excluding tert-OH is 1. The van der Waals surface area contributed by atoms with Crippen molar-refractivity contribution in [2.45, 2.75) is 82.9 Å². The summed E-state index contributed by atoms with van der Waals surface area (Å²) in [6, 6.07) is 14.2. The standard InChI is InChI=1S/C31H40N4O8/c1-31(2,3)43-29(40)24-15-10-16-35(24)28(39)26(37)22(17-20-11-6-4-7-12-20)33-27(38)23(18-25(32)36)34-30(41)42-19-21-13-8-5-9-14-21/h4-9,11-14,22-24,26,37H,10,15-19H2,1-3H3,(H2,32,36)(H,33,38)(H,34,41)/t22-,23+,24-,26?/m0/s1. The molecule has 12 heteroatoms. The van der Waals surface area contributed by atoms with E-state index in [2.05, 4.69) is 10.6 Å². The lowest BCUT2D eigenvalue weighted by Gasteiger charge is -2.32. The normalized spacial score (nSPS) is 16.8. The first-order valence-corrected chi connectivity index (χ1v) is 14.2. The van der Waals surface area contributed by atoms with E-state index in [0.29, 0.717) is 24.0 Å². The second-order valence-electron chi connectivity index (χ2n) is 11.4. The number of alkyl carbamates (subject to hydrolysis) is 1. The minimum absolute atomic E-state index is 0.0339. The van der Waals surface area contributed by atoms with Crippen molar-refractivity contribution in [3.05, 3.63) is 71.8 Å². The molecular formula is C31H40N4O8. The topological polar surface area (TPSA) is 177 Å². The minimum atomic E-state index is -1.76. The van der Waals surface area contributed by atoms with E-state index in [4.69, 9.17) is 15.2 Å². The molecule has 2 aromatic carbocycles. The molecule has 1 saturated heterocycles. The number of nitrogens with one attached hydrogen (secondary N) is 2. The van der Waals surface area contributed by atoms with E-state index in [-0.39, 0.29) is 19.6 Å². The van der Waals surface area contributed by atoms with Gasteiger partial charge in [-0.1, -0.05) is 60.7 Å². The third kappa shape index (κ3) is 10.4. The summed E-state index contributed by atoms with van der Waals surface area (Å²) in [7, 11) is 0. The second-order valence-corrected chi connectivity index (χ2v) is 11.4. The highest BCUT2D eigenvalue weighted by atomic mass is 16.6. The first-order chi connectivity index (χ1) is 20.3. The number of carbonyl (C=O) groups is 5. The van der Waals surface area contributed by atoms with Crippen molar-refractivity contribution in [3.63, 3.8) is 0 Å². The van der Waals surface area contributed by atoms with Gasteiger partial charge in [-0.3, -0.25) is 14.4 Å². The molecule has 0 radical (unpaired) electrons. The van der Waals surface area contributed by atoms with E-state index in [9.17, 15) is 29.1 Å². The van der Waals surface area contributed by atoms with Gasteiger partial charge in [0.1, 0.15) is 24.3 Å². The molecule has 4 atom stereocenters. The Bertz CT molecular complexity index is 1270. The van der Waals surface area contributed by atoms with Crippen molar-refractivity contribution < 1.29 is 38.6 Å². The Morgan fingerprint density at radius 1 is 0.977 bits per heavy atom. The summed E-state index contributed by atoms with van der Waals surface area (Å²) in [5.41, 5.74) is 5.99. The number of esters is 1. The maximum Gasteiger partial charge on any atom is 0.408 e. The monoisotopic (exact) mass is 596 g/mol. The number of ether oxygens (including phenoxy) is 2. The van der Waals surface area contributed by atoms with Crippen molar-refractivity contribution >= 4 is 29.8 Å². The first kappa shape index (κ1) is 33.1. The van der Waals surface area contributed by atoms with Gasteiger partial charge in [-0.25, -0.2) is 9.59 Å². The van der Waals surface area contributed by atoms with Gasteiger partial charge in [0.15, 0.2) is 6.10 Å². The fraction of sp³-hybridized carbons (Fsp3) is 0.452. The maximum atomic E-state index is 13.5. The number of aliphatic hydroxyl groups is 1.